The molecule has 1 aromatic carbocycles. The van der Waals surface area contributed by atoms with Crippen LogP contribution in [-0.2, 0) is 11.3 Å². The van der Waals surface area contributed by atoms with Crippen LogP contribution in [0.1, 0.15) is 11.3 Å². The molecule has 5 nitrogen and oxygen atoms in total. The first-order valence-electron chi connectivity index (χ1n) is 5.93. The minimum absolute atomic E-state index is 0.0352. The average Bonchev–Trinajstić information content (AvgIpc) is 2.98. The number of ether oxygens (including phenoxy) is 1. The van der Waals surface area contributed by atoms with Gasteiger partial charge >= 0.3 is 0 Å². The molecule has 0 aliphatic rings. The molecule has 1 heterocycles. The zero-order chi connectivity index (χ0) is 14.4. The monoisotopic (exact) mass is 287 g/mol. The molecule has 6 heteroatoms. The predicted octanol–water partition coefficient (Wildman–Crippen LogP) is 2.05. The number of carbonyl (C=O) groups is 1. The van der Waals surface area contributed by atoms with Gasteiger partial charge in [0.05, 0.1) is 29.4 Å². The molecule has 0 bridgehead atoms. The van der Waals surface area contributed by atoms with Crippen molar-refractivity contribution in [2.24, 2.45) is 0 Å². The summed E-state index contributed by atoms with van der Waals surface area (Å²) in [6.07, 6.45) is 0. The van der Waals surface area contributed by atoms with E-state index in [9.17, 15) is 4.79 Å². The Labute approximate surface area is 121 Å². The molecule has 0 aliphatic carbocycles. The normalized spacial score (nSPS) is 9.80. The molecular formula is C14H13N3O2S. The van der Waals surface area contributed by atoms with Crippen molar-refractivity contribution in [2.45, 2.75) is 6.54 Å². The van der Waals surface area contributed by atoms with Crippen molar-refractivity contribution >= 4 is 17.2 Å². The highest BCUT2D eigenvalue weighted by Crippen LogP contribution is 2.12. The molecule has 0 atom stereocenters. The van der Waals surface area contributed by atoms with Crippen molar-refractivity contribution in [2.75, 3.05) is 13.7 Å². The first-order chi connectivity index (χ1) is 9.69. The number of carbonyl (C=O) groups excluding carboxylic acids is 1. The average molecular weight is 287 g/mol. The summed E-state index contributed by atoms with van der Waals surface area (Å²) in [5.41, 5.74) is 3.16. The number of hydrogen-bond donors (Lipinski definition) is 0. The van der Waals surface area contributed by atoms with Crippen LogP contribution in [0.3, 0.4) is 0 Å². The number of aromatic nitrogens is 1. The minimum Gasteiger partial charge on any atom is -0.484 e. The molecule has 20 heavy (non-hydrogen) atoms. The number of likely N-dealkylation sites (N-methyl/N-ethyl adjacent to an activating group) is 1. The van der Waals surface area contributed by atoms with E-state index in [1.807, 2.05) is 11.4 Å². The maximum absolute atomic E-state index is 11.9. The molecule has 2 aromatic rings. The van der Waals surface area contributed by atoms with Crippen LogP contribution in [0.25, 0.3) is 0 Å². The van der Waals surface area contributed by atoms with Gasteiger partial charge in [0.15, 0.2) is 6.61 Å². The highest BCUT2D eigenvalue weighted by atomic mass is 32.1. The third kappa shape index (κ3) is 3.80. The summed E-state index contributed by atoms with van der Waals surface area (Å²) in [4.78, 5) is 17.6. The summed E-state index contributed by atoms with van der Waals surface area (Å²) in [6.45, 7) is 0.436. The van der Waals surface area contributed by atoms with E-state index in [-0.39, 0.29) is 12.5 Å². The molecule has 0 saturated carbocycles. The second-order valence-electron chi connectivity index (χ2n) is 4.15. The molecule has 0 fully saturated rings. The van der Waals surface area contributed by atoms with E-state index in [4.69, 9.17) is 10.00 Å². The molecule has 1 amide bonds. The summed E-state index contributed by atoms with van der Waals surface area (Å²) in [7, 11) is 1.71. The second-order valence-corrected chi connectivity index (χ2v) is 4.87. The van der Waals surface area contributed by atoms with Gasteiger partial charge in [0, 0.05) is 12.4 Å². The first-order valence-corrected chi connectivity index (χ1v) is 6.87. The van der Waals surface area contributed by atoms with Gasteiger partial charge in [-0.05, 0) is 24.3 Å². The van der Waals surface area contributed by atoms with Crippen LogP contribution in [0.2, 0.25) is 0 Å². The van der Waals surface area contributed by atoms with Crippen molar-refractivity contribution < 1.29 is 9.53 Å². The lowest BCUT2D eigenvalue weighted by molar-refractivity contribution is -0.132. The number of rotatable bonds is 5. The Morgan fingerprint density at radius 1 is 1.45 bits per heavy atom. The number of nitrogens with zero attached hydrogens (tertiary/aromatic N) is 3. The van der Waals surface area contributed by atoms with Crippen LogP contribution in [0.5, 0.6) is 5.75 Å². The lowest BCUT2D eigenvalue weighted by atomic mass is 10.2. The van der Waals surface area contributed by atoms with E-state index in [1.54, 1.807) is 41.7 Å². The second kappa shape index (κ2) is 6.68. The fourth-order valence-corrected chi connectivity index (χ4v) is 2.08. The highest BCUT2D eigenvalue weighted by Gasteiger charge is 2.11. The van der Waals surface area contributed by atoms with Crippen LogP contribution in [-0.4, -0.2) is 29.4 Å². The molecular weight excluding hydrogens is 274 g/mol. The summed E-state index contributed by atoms with van der Waals surface area (Å²) in [6, 6.07) is 8.67. The van der Waals surface area contributed by atoms with E-state index in [2.05, 4.69) is 4.98 Å². The molecule has 0 saturated heterocycles. The lowest BCUT2D eigenvalue weighted by Gasteiger charge is -2.16. The Hall–Kier alpha value is -2.39. The zero-order valence-corrected chi connectivity index (χ0v) is 11.8. The van der Waals surface area contributed by atoms with Crippen LogP contribution in [0, 0.1) is 11.3 Å². The maximum Gasteiger partial charge on any atom is 0.260 e. The zero-order valence-electron chi connectivity index (χ0n) is 10.9. The smallest absolute Gasteiger partial charge is 0.260 e. The number of amides is 1. The first kappa shape index (κ1) is 14.0. The Kier molecular flexibility index (Phi) is 4.69. The lowest BCUT2D eigenvalue weighted by Crippen LogP contribution is -2.31. The van der Waals surface area contributed by atoms with Crippen LogP contribution in [0.15, 0.2) is 35.2 Å². The van der Waals surface area contributed by atoms with Crippen LogP contribution < -0.4 is 4.74 Å². The van der Waals surface area contributed by atoms with Crippen molar-refractivity contribution in [3.63, 3.8) is 0 Å². The third-order valence-corrected chi connectivity index (χ3v) is 3.29. The molecule has 102 valence electrons. The summed E-state index contributed by atoms with van der Waals surface area (Å²) < 4.78 is 5.39. The van der Waals surface area contributed by atoms with E-state index in [1.165, 1.54) is 11.3 Å². The highest BCUT2D eigenvalue weighted by molar-refractivity contribution is 7.07. The van der Waals surface area contributed by atoms with E-state index < -0.39 is 0 Å². The Morgan fingerprint density at radius 3 is 2.80 bits per heavy atom. The largest absolute Gasteiger partial charge is 0.484 e. The van der Waals surface area contributed by atoms with Crippen LogP contribution >= 0.6 is 11.3 Å². The quantitative estimate of drug-likeness (QED) is 0.844. The van der Waals surface area contributed by atoms with Gasteiger partial charge in [-0.2, -0.15) is 5.26 Å². The van der Waals surface area contributed by atoms with Crippen molar-refractivity contribution in [1.82, 2.24) is 9.88 Å². The molecule has 2 rings (SSSR count). The van der Waals surface area contributed by atoms with E-state index in [0.717, 1.165) is 5.69 Å². The van der Waals surface area contributed by atoms with Crippen molar-refractivity contribution in [3.8, 4) is 11.8 Å². The van der Waals surface area contributed by atoms with E-state index in [0.29, 0.717) is 17.9 Å². The molecule has 1 aromatic heterocycles. The number of nitriles is 1. The van der Waals surface area contributed by atoms with Crippen molar-refractivity contribution in [3.05, 3.63) is 46.4 Å². The van der Waals surface area contributed by atoms with Gasteiger partial charge in [0.2, 0.25) is 0 Å². The standard InChI is InChI=1S/C14H13N3O2S/c1-17(7-12-9-20-10-16-12)14(18)8-19-13-4-2-11(6-15)3-5-13/h2-5,9-10H,7-8H2,1H3. The molecule has 0 N–H and O–H groups in total. The van der Waals surface area contributed by atoms with Gasteiger partial charge in [0.25, 0.3) is 5.91 Å². The number of hydrogen-bond acceptors (Lipinski definition) is 5. The van der Waals surface area contributed by atoms with Gasteiger partial charge in [-0.15, -0.1) is 11.3 Å². The maximum atomic E-state index is 11.9. The number of benzene rings is 1. The molecule has 0 aliphatic heterocycles. The Bertz CT molecular complexity index is 602. The van der Waals surface area contributed by atoms with Gasteiger partial charge in [-0.25, -0.2) is 4.98 Å². The topological polar surface area (TPSA) is 66.2 Å². The van der Waals surface area contributed by atoms with Gasteiger partial charge in [0.1, 0.15) is 5.75 Å². The van der Waals surface area contributed by atoms with Crippen molar-refractivity contribution in [1.29, 1.82) is 5.26 Å². The van der Waals surface area contributed by atoms with Crippen LogP contribution in [0.4, 0.5) is 0 Å². The predicted molar refractivity (Wildman–Crippen MR) is 75.2 cm³/mol. The Morgan fingerprint density at radius 2 is 2.20 bits per heavy atom. The van der Waals surface area contributed by atoms with Gasteiger partial charge < -0.3 is 9.64 Å². The number of thiazole rings is 1. The summed E-state index contributed by atoms with van der Waals surface area (Å²) in [5, 5.41) is 10.6. The fourth-order valence-electron chi connectivity index (χ4n) is 1.53. The Balaban J connectivity index is 1.83. The third-order valence-electron chi connectivity index (χ3n) is 2.65. The summed E-state index contributed by atoms with van der Waals surface area (Å²) in [5.74, 6) is 0.446. The fraction of sp³-hybridized carbons (Fsp3) is 0.214. The van der Waals surface area contributed by atoms with Gasteiger partial charge in [-0.3, -0.25) is 4.79 Å². The molecule has 0 radical (unpaired) electrons. The SMILES string of the molecule is CN(Cc1cscn1)C(=O)COc1ccc(C#N)cc1. The molecule has 0 spiro atoms. The molecule has 0 unspecified atom stereocenters. The minimum atomic E-state index is -0.123. The summed E-state index contributed by atoms with van der Waals surface area (Å²) >= 11 is 1.50. The van der Waals surface area contributed by atoms with E-state index >= 15 is 0 Å². The van der Waals surface area contributed by atoms with Gasteiger partial charge in [-0.1, -0.05) is 0 Å².